The quantitative estimate of drug-likeness (QED) is 0.851. The van der Waals surface area contributed by atoms with E-state index in [1.807, 2.05) is 0 Å². The number of alkyl halides is 3. The summed E-state index contributed by atoms with van der Waals surface area (Å²) in [7, 11) is 0. The Balaban J connectivity index is 3.30. The van der Waals surface area contributed by atoms with Gasteiger partial charge in [0.2, 0.25) is 0 Å². The number of aromatic nitrogens is 1. The molecule has 2 nitrogen and oxygen atoms in total. The lowest BCUT2D eigenvalue weighted by Crippen LogP contribution is -2.02. The van der Waals surface area contributed by atoms with Gasteiger partial charge in [-0.3, -0.25) is 4.98 Å². The molecule has 1 rings (SSSR count). The Morgan fingerprint density at radius 1 is 1.54 bits per heavy atom. The molecule has 0 radical (unpaired) electrons. The van der Waals surface area contributed by atoms with E-state index >= 15 is 0 Å². The molecule has 0 atom stereocenters. The fraction of sp³-hybridized carbons (Fsp3) is 0.286. The molecular formula is C7H6Br2F2N2. The maximum atomic E-state index is 12.5. The normalized spacial score (nSPS) is 10.8. The number of hydrogen-bond donors (Lipinski definition) is 1. The molecule has 0 aliphatic heterocycles. The minimum Gasteiger partial charge on any atom is -0.397 e. The van der Waals surface area contributed by atoms with Crippen molar-refractivity contribution in [1.29, 1.82) is 0 Å². The van der Waals surface area contributed by atoms with Gasteiger partial charge >= 0.3 is 0 Å². The van der Waals surface area contributed by atoms with E-state index in [-0.39, 0.29) is 15.7 Å². The zero-order valence-corrected chi connectivity index (χ0v) is 9.57. The van der Waals surface area contributed by atoms with Gasteiger partial charge in [-0.1, -0.05) is 15.9 Å². The van der Waals surface area contributed by atoms with Crippen LogP contribution in [0, 0.1) is 0 Å². The number of nitrogens with zero attached hydrogens (tertiary/aromatic N) is 1. The third-order valence-electron chi connectivity index (χ3n) is 1.54. The van der Waals surface area contributed by atoms with Crippen LogP contribution in [0.15, 0.2) is 10.7 Å². The number of pyridine rings is 1. The zero-order chi connectivity index (χ0) is 10.0. The Morgan fingerprint density at radius 2 is 2.15 bits per heavy atom. The molecule has 0 aliphatic carbocycles. The molecule has 0 spiro atoms. The van der Waals surface area contributed by atoms with Crippen LogP contribution in [0.2, 0.25) is 0 Å². The molecule has 0 aromatic carbocycles. The maximum Gasteiger partial charge on any atom is 0.267 e. The van der Waals surface area contributed by atoms with Gasteiger partial charge < -0.3 is 5.73 Å². The minimum atomic E-state index is -2.59. The second kappa shape index (κ2) is 4.32. The summed E-state index contributed by atoms with van der Waals surface area (Å²) in [4.78, 5) is 3.89. The molecule has 72 valence electrons. The van der Waals surface area contributed by atoms with Gasteiger partial charge in [0.05, 0.1) is 16.9 Å². The number of rotatable bonds is 2. The maximum absolute atomic E-state index is 12.5. The van der Waals surface area contributed by atoms with Crippen molar-refractivity contribution in [2.75, 3.05) is 5.73 Å². The van der Waals surface area contributed by atoms with Gasteiger partial charge in [-0.25, -0.2) is 8.78 Å². The predicted octanol–water partition coefficient (Wildman–Crippen LogP) is 3.26. The van der Waals surface area contributed by atoms with Crippen molar-refractivity contribution in [1.82, 2.24) is 4.98 Å². The summed E-state index contributed by atoms with van der Waals surface area (Å²) in [5.74, 6) is 0. The first kappa shape index (κ1) is 10.8. The van der Waals surface area contributed by atoms with Gasteiger partial charge in [0, 0.05) is 16.0 Å². The van der Waals surface area contributed by atoms with E-state index in [0.717, 1.165) is 0 Å². The van der Waals surface area contributed by atoms with Gasteiger partial charge in [-0.15, -0.1) is 0 Å². The molecule has 0 aliphatic rings. The Morgan fingerprint density at radius 3 is 2.62 bits per heavy atom. The lowest BCUT2D eigenvalue weighted by molar-refractivity contribution is 0.151. The Hall–Kier alpha value is -0.230. The number of hydrogen-bond acceptors (Lipinski definition) is 2. The Labute approximate surface area is 90.8 Å². The molecule has 0 saturated heterocycles. The third-order valence-corrected chi connectivity index (χ3v) is 2.70. The van der Waals surface area contributed by atoms with Crippen molar-refractivity contribution in [3.8, 4) is 0 Å². The number of nitrogen functional groups attached to an aromatic ring is 1. The molecule has 1 heterocycles. The highest BCUT2D eigenvalue weighted by Gasteiger charge is 2.18. The van der Waals surface area contributed by atoms with Crippen molar-refractivity contribution < 1.29 is 8.78 Å². The molecule has 0 saturated carbocycles. The topological polar surface area (TPSA) is 38.9 Å². The minimum absolute atomic E-state index is 0.0428. The summed E-state index contributed by atoms with van der Waals surface area (Å²) in [6, 6.07) is 0. The second-order valence-electron chi connectivity index (χ2n) is 2.31. The van der Waals surface area contributed by atoms with E-state index in [1.165, 1.54) is 6.20 Å². The van der Waals surface area contributed by atoms with Crippen molar-refractivity contribution in [2.24, 2.45) is 0 Å². The van der Waals surface area contributed by atoms with E-state index in [4.69, 9.17) is 5.73 Å². The van der Waals surface area contributed by atoms with Gasteiger partial charge in [0.25, 0.3) is 6.43 Å². The van der Waals surface area contributed by atoms with Gasteiger partial charge in [-0.05, 0) is 15.9 Å². The van der Waals surface area contributed by atoms with E-state index in [2.05, 4.69) is 36.8 Å². The first-order chi connectivity index (χ1) is 6.07. The third kappa shape index (κ3) is 2.17. The highest BCUT2D eigenvalue weighted by Crippen LogP contribution is 2.33. The Kier molecular flexibility index (Phi) is 3.61. The number of halogens is 4. The summed E-state index contributed by atoms with van der Waals surface area (Å²) >= 11 is 6.09. The largest absolute Gasteiger partial charge is 0.397 e. The molecule has 6 heteroatoms. The Bertz CT molecular complexity index is 318. The van der Waals surface area contributed by atoms with Crippen LogP contribution in [-0.4, -0.2) is 4.98 Å². The van der Waals surface area contributed by atoms with Crippen molar-refractivity contribution in [2.45, 2.75) is 11.8 Å². The van der Waals surface area contributed by atoms with Crippen LogP contribution in [0.3, 0.4) is 0 Å². The monoisotopic (exact) mass is 314 g/mol. The smallest absolute Gasteiger partial charge is 0.267 e. The molecule has 0 fully saturated rings. The van der Waals surface area contributed by atoms with E-state index in [1.54, 1.807) is 0 Å². The van der Waals surface area contributed by atoms with Crippen LogP contribution in [0.4, 0.5) is 14.5 Å². The predicted molar refractivity (Wildman–Crippen MR) is 53.9 cm³/mol. The summed E-state index contributed by atoms with van der Waals surface area (Å²) in [5, 5.41) is 0.367. The SMILES string of the molecule is Nc1c(CBr)ncc(Br)c1C(F)F. The lowest BCUT2D eigenvalue weighted by Gasteiger charge is -2.09. The van der Waals surface area contributed by atoms with Gasteiger partial charge in [-0.2, -0.15) is 0 Å². The lowest BCUT2D eigenvalue weighted by atomic mass is 10.2. The summed E-state index contributed by atoms with van der Waals surface area (Å²) in [6.07, 6.45) is -1.26. The van der Waals surface area contributed by atoms with Crippen LogP contribution >= 0.6 is 31.9 Å². The fourth-order valence-electron chi connectivity index (χ4n) is 0.886. The van der Waals surface area contributed by atoms with Crippen LogP contribution < -0.4 is 5.73 Å². The van der Waals surface area contributed by atoms with Crippen LogP contribution in [0.1, 0.15) is 17.7 Å². The summed E-state index contributed by atoms with van der Waals surface area (Å²) < 4.78 is 25.1. The fourth-order valence-corrected chi connectivity index (χ4v) is 1.82. The first-order valence-corrected chi connectivity index (χ1v) is 5.26. The molecule has 0 unspecified atom stereocenters. The van der Waals surface area contributed by atoms with Crippen LogP contribution in [0.5, 0.6) is 0 Å². The number of nitrogens with two attached hydrogens (primary N) is 1. The molecule has 2 N–H and O–H groups in total. The summed E-state index contributed by atoms with van der Waals surface area (Å²) in [5.41, 5.74) is 5.77. The van der Waals surface area contributed by atoms with Crippen molar-refractivity contribution >= 4 is 37.5 Å². The molecule has 1 aromatic rings. The second-order valence-corrected chi connectivity index (χ2v) is 3.73. The van der Waals surface area contributed by atoms with Crippen molar-refractivity contribution in [3.63, 3.8) is 0 Å². The van der Waals surface area contributed by atoms with Crippen LogP contribution in [0.25, 0.3) is 0 Å². The van der Waals surface area contributed by atoms with Crippen molar-refractivity contribution in [3.05, 3.63) is 21.9 Å². The van der Waals surface area contributed by atoms with Gasteiger partial charge in [0.1, 0.15) is 0 Å². The average Bonchev–Trinajstić information content (AvgIpc) is 2.04. The molecule has 13 heavy (non-hydrogen) atoms. The standard InChI is InChI=1S/C7H6Br2F2N2/c8-1-4-6(12)5(7(10)11)3(9)2-13-4/h2,7H,1,12H2. The summed E-state index contributed by atoms with van der Waals surface area (Å²) in [6.45, 7) is 0. The molecular weight excluding hydrogens is 310 g/mol. The highest BCUT2D eigenvalue weighted by molar-refractivity contribution is 9.10. The van der Waals surface area contributed by atoms with E-state index in [0.29, 0.717) is 11.0 Å². The average molecular weight is 316 g/mol. The van der Waals surface area contributed by atoms with Gasteiger partial charge in [0.15, 0.2) is 0 Å². The molecule has 0 amide bonds. The van der Waals surface area contributed by atoms with E-state index < -0.39 is 6.43 Å². The molecule has 1 aromatic heterocycles. The van der Waals surface area contributed by atoms with E-state index in [9.17, 15) is 8.78 Å². The first-order valence-electron chi connectivity index (χ1n) is 3.34. The number of anilines is 1. The van der Waals surface area contributed by atoms with Crippen LogP contribution in [-0.2, 0) is 5.33 Å². The zero-order valence-electron chi connectivity index (χ0n) is 6.40. The molecule has 0 bridgehead atoms. The highest BCUT2D eigenvalue weighted by atomic mass is 79.9.